The van der Waals surface area contributed by atoms with Gasteiger partial charge >= 0.3 is 5.97 Å². The first kappa shape index (κ1) is 20.7. The minimum atomic E-state index is -3.67. The molecule has 2 aliphatic rings. The maximum Gasteiger partial charge on any atom is 0.309 e. The van der Waals surface area contributed by atoms with E-state index in [9.17, 15) is 18.0 Å². The number of piperidine rings is 1. The highest BCUT2D eigenvalue weighted by atomic mass is 32.2. The van der Waals surface area contributed by atoms with Gasteiger partial charge in [0.25, 0.3) is 10.0 Å². The Morgan fingerprint density at radius 3 is 2.70 bits per heavy atom. The second-order valence-corrected chi connectivity index (χ2v) is 10.2. The molecule has 2 heterocycles. The van der Waals surface area contributed by atoms with Crippen LogP contribution in [0.15, 0.2) is 41.3 Å². The fraction of sp³-hybridized carbons (Fsp3) is 0.455. The highest BCUT2D eigenvalue weighted by Gasteiger charge is 2.36. The maximum atomic E-state index is 13.0. The van der Waals surface area contributed by atoms with E-state index in [1.165, 1.54) is 4.31 Å². The van der Waals surface area contributed by atoms with Crippen LogP contribution in [0.4, 0.5) is 5.69 Å². The van der Waals surface area contributed by atoms with Crippen molar-refractivity contribution in [1.82, 2.24) is 5.32 Å². The molecule has 0 bridgehead atoms. The number of nitrogens with one attached hydrogen (secondary N) is 1. The highest BCUT2D eigenvalue weighted by molar-refractivity contribution is 7.93. The molecule has 2 aromatic rings. The molecule has 4 rings (SSSR count). The van der Waals surface area contributed by atoms with Gasteiger partial charge in [-0.05, 0) is 36.3 Å². The number of anilines is 1. The van der Waals surface area contributed by atoms with Gasteiger partial charge in [0.05, 0.1) is 23.0 Å². The third-order valence-electron chi connectivity index (χ3n) is 5.68. The van der Waals surface area contributed by atoms with Crippen molar-refractivity contribution >= 4 is 38.4 Å². The summed E-state index contributed by atoms with van der Waals surface area (Å²) in [7, 11) is -3.67. The molecule has 2 aliphatic heterocycles. The lowest BCUT2D eigenvalue weighted by molar-refractivity contribution is -0.152. The third-order valence-corrected chi connectivity index (χ3v) is 7.53. The van der Waals surface area contributed by atoms with Crippen LogP contribution in [0, 0.1) is 11.8 Å². The van der Waals surface area contributed by atoms with E-state index in [1.807, 2.05) is 18.2 Å². The fourth-order valence-corrected chi connectivity index (χ4v) is 6.14. The number of nitrogens with zero attached hydrogens (tertiary/aromatic N) is 1. The average molecular weight is 431 g/mol. The van der Waals surface area contributed by atoms with Crippen LogP contribution >= 0.6 is 0 Å². The smallest absolute Gasteiger partial charge is 0.309 e. The van der Waals surface area contributed by atoms with Crippen molar-refractivity contribution in [2.45, 2.75) is 44.0 Å². The highest BCUT2D eigenvalue weighted by Crippen LogP contribution is 2.41. The summed E-state index contributed by atoms with van der Waals surface area (Å²) < 4.78 is 32.6. The number of benzene rings is 2. The van der Waals surface area contributed by atoms with Crippen molar-refractivity contribution < 1.29 is 22.7 Å². The number of ether oxygens (including phenoxy) is 1. The molecule has 2 atom stereocenters. The van der Waals surface area contributed by atoms with Crippen molar-refractivity contribution in [3.63, 3.8) is 0 Å². The molecule has 30 heavy (non-hydrogen) atoms. The van der Waals surface area contributed by atoms with Gasteiger partial charge < -0.3 is 10.1 Å². The number of carbonyl (C=O) groups is 2. The molecule has 8 heteroatoms. The number of amides is 1. The molecule has 0 aliphatic carbocycles. The molecule has 0 radical (unpaired) electrons. The summed E-state index contributed by atoms with van der Waals surface area (Å²) in [6.45, 7) is 4.12. The predicted octanol–water partition coefficient (Wildman–Crippen LogP) is 2.83. The number of sulfonamides is 1. The first-order valence-electron chi connectivity index (χ1n) is 10.3. The SMILES string of the molecule is CC(C)CC1CC(C(=O)OCCN2c3cccc4cccc(c34)S2(=O)=O)CC(=O)N1. The normalized spacial score (nSPS) is 22.4. The molecule has 1 N–H and O–H groups in total. The van der Waals surface area contributed by atoms with Crippen molar-refractivity contribution in [1.29, 1.82) is 0 Å². The molecule has 0 aromatic heterocycles. The quantitative estimate of drug-likeness (QED) is 0.712. The van der Waals surface area contributed by atoms with Gasteiger partial charge in [0, 0.05) is 17.8 Å². The zero-order valence-electron chi connectivity index (χ0n) is 17.1. The van der Waals surface area contributed by atoms with E-state index in [0.717, 1.165) is 11.8 Å². The van der Waals surface area contributed by atoms with Crippen LogP contribution in [-0.4, -0.2) is 39.5 Å². The molecule has 0 spiro atoms. The van der Waals surface area contributed by atoms with Crippen LogP contribution < -0.4 is 9.62 Å². The number of rotatable bonds is 6. The lowest BCUT2D eigenvalue weighted by Gasteiger charge is -2.29. The van der Waals surface area contributed by atoms with Crippen LogP contribution in [0.25, 0.3) is 10.8 Å². The minimum Gasteiger partial charge on any atom is -0.464 e. The molecule has 1 fully saturated rings. The Kier molecular flexibility index (Phi) is 5.44. The Hall–Kier alpha value is -2.61. The van der Waals surface area contributed by atoms with Crippen molar-refractivity contribution in [2.75, 3.05) is 17.5 Å². The number of carbonyl (C=O) groups excluding carboxylic acids is 2. The Morgan fingerprint density at radius 1 is 1.23 bits per heavy atom. The van der Waals surface area contributed by atoms with Crippen LogP contribution in [0.5, 0.6) is 0 Å². The van der Waals surface area contributed by atoms with Gasteiger partial charge in [0.2, 0.25) is 5.91 Å². The van der Waals surface area contributed by atoms with Crippen LogP contribution in [-0.2, 0) is 24.3 Å². The first-order valence-corrected chi connectivity index (χ1v) is 11.7. The molecule has 7 nitrogen and oxygen atoms in total. The lowest BCUT2D eigenvalue weighted by atomic mass is 9.88. The number of hydrogen-bond donors (Lipinski definition) is 1. The fourth-order valence-electron chi connectivity index (χ4n) is 4.45. The van der Waals surface area contributed by atoms with Gasteiger partial charge in [-0.15, -0.1) is 0 Å². The molecular weight excluding hydrogens is 404 g/mol. The second-order valence-electron chi connectivity index (χ2n) is 8.41. The van der Waals surface area contributed by atoms with E-state index in [4.69, 9.17) is 4.74 Å². The molecule has 2 unspecified atom stereocenters. The first-order chi connectivity index (χ1) is 14.3. The van der Waals surface area contributed by atoms with Gasteiger partial charge in [0.1, 0.15) is 6.61 Å². The largest absolute Gasteiger partial charge is 0.464 e. The summed E-state index contributed by atoms with van der Waals surface area (Å²) in [6.07, 6.45) is 1.47. The minimum absolute atomic E-state index is 0.0325. The Morgan fingerprint density at radius 2 is 1.97 bits per heavy atom. The number of hydrogen-bond acceptors (Lipinski definition) is 5. The van der Waals surface area contributed by atoms with Gasteiger partial charge in [-0.3, -0.25) is 13.9 Å². The topological polar surface area (TPSA) is 92.8 Å². The molecule has 2 aromatic carbocycles. The van der Waals surface area contributed by atoms with Crippen molar-refractivity contribution in [2.24, 2.45) is 11.8 Å². The molecular formula is C22H26N2O5S. The predicted molar refractivity (Wildman–Crippen MR) is 114 cm³/mol. The molecule has 1 amide bonds. The van der Waals surface area contributed by atoms with E-state index >= 15 is 0 Å². The van der Waals surface area contributed by atoms with Crippen LogP contribution in [0.1, 0.15) is 33.1 Å². The van der Waals surface area contributed by atoms with Crippen LogP contribution in [0.2, 0.25) is 0 Å². The van der Waals surface area contributed by atoms with Gasteiger partial charge in [-0.2, -0.15) is 0 Å². The van der Waals surface area contributed by atoms with E-state index < -0.39 is 21.9 Å². The van der Waals surface area contributed by atoms with Gasteiger partial charge in [-0.1, -0.05) is 38.1 Å². The summed E-state index contributed by atoms with van der Waals surface area (Å²) in [5.41, 5.74) is 0.605. The van der Waals surface area contributed by atoms with E-state index in [0.29, 0.717) is 23.4 Å². The summed E-state index contributed by atoms with van der Waals surface area (Å²) >= 11 is 0. The lowest BCUT2D eigenvalue weighted by Crippen LogP contribution is -2.45. The standard InChI is InChI=1S/C22H26N2O5S/c1-14(2)11-17-12-16(13-20(25)23-17)22(26)29-10-9-24-18-7-3-5-15-6-4-8-19(21(15)18)30(24,27)28/h3-8,14,16-17H,9-13H2,1-2H3,(H,23,25). The van der Waals surface area contributed by atoms with Crippen molar-refractivity contribution in [3.05, 3.63) is 36.4 Å². The number of esters is 1. The van der Waals surface area contributed by atoms with E-state index in [2.05, 4.69) is 19.2 Å². The monoisotopic (exact) mass is 430 g/mol. The van der Waals surface area contributed by atoms with Gasteiger partial charge in [-0.25, -0.2) is 8.42 Å². The maximum absolute atomic E-state index is 13.0. The molecule has 1 saturated heterocycles. The summed E-state index contributed by atoms with van der Waals surface area (Å²) in [5.74, 6) is -0.655. The molecule has 160 valence electrons. The molecule has 0 saturated carbocycles. The Balaban J connectivity index is 1.42. The van der Waals surface area contributed by atoms with E-state index in [1.54, 1.807) is 18.2 Å². The zero-order valence-corrected chi connectivity index (χ0v) is 17.9. The summed E-state index contributed by atoms with van der Waals surface area (Å²) in [6, 6.07) is 10.6. The average Bonchev–Trinajstić information content (AvgIpc) is 2.90. The van der Waals surface area contributed by atoms with Gasteiger partial charge in [0.15, 0.2) is 0 Å². The van der Waals surface area contributed by atoms with Crippen LogP contribution in [0.3, 0.4) is 0 Å². The Labute approximate surface area is 176 Å². The third kappa shape index (κ3) is 3.76. The zero-order chi connectivity index (χ0) is 21.5. The summed E-state index contributed by atoms with van der Waals surface area (Å²) in [4.78, 5) is 24.8. The van der Waals surface area contributed by atoms with E-state index in [-0.39, 0.29) is 36.4 Å². The second kappa shape index (κ2) is 7.91. The summed E-state index contributed by atoms with van der Waals surface area (Å²) in [5, 5.41) is 4.49. The van der Waals surface area contributed by atoms with Crippen molar-refractivity contribution in [3.8, 4) is 0 Å². The Bertz CT molecular complexity index is 1090.